The fourth-order valence-corrected chi connectivity index (χ4v) is 3.14. The predicted octanol–water partition coefficient (Wildman–Crippen LogP) is 3.76. The van der Waals surface area contributed by atoms with Crippen LogP contribution in [0.1, 0.15) is 24.0 Å². The molecule has 2 aromatic carbocycles. The predicted molar refractivity (Wildman–Crippen MR) is 105 cm³/mol. The first kappa shape index (κ1) is 17.8. The van der Waals surface area contributed by atoms with Gasteiger partial charge < -0.3 is 15.0 Å². The quantitative estimate of drug-likeness (QED) is 0.636. The number of ether oxygens (including phenoxy) is 1. The van der Waals surface area contributed by atoms with Gasteiger partial charge in [0.1, 0.15) is 5.75 Å². The number of rotatable bonds is 5. The van der Waals surface area contributed by atoms with E-state index in [4.69, 9.17) is 4.74 Å². The fraction of sp³-hybridized carbons (Fsp3) is 0.300. The van der Waals surface area contributed by atoms with Crippen LogP contribution in [-0.4, -0.2) is 32.4 Å². The van der Waals surface area contributed by atoms with Crippen LogP contribution in [0.5, 0.6) is 5.75 Å². The Morgan fingerprint density at radius 1 is 1.19 bits per heavy atom. The molecule has 3 rings (SSSR count). The average Bonchev–Trinajstić information content (AvgIpc) is 3.16. The first-order valence-electron chi connectivity index (χ1n) is 8.76. The number of aryl methyl sites for hydroxylation is 1. The molecule has 0 atom stereocenters. The van der Waals surface area contributed by atoms with Crippen molar-refractivity contribution in [2.45, 2.75) is 19.8 Å². The topological polar surface area (TPSA) is 66.0 Å². The molecule has 1 fully saturated rings. The second-order valence-corrected chi connectivity index (χ2v) is 6.26. The van der Waals surface area contributed by atoms with Gasteiger partial charge in [0.05, 0.1) is 19.0 Å². The molecule has 0 spiro atoms. The average molecular weight is 352 g/mol. The highest BCUT2D eigenvalue weighted by Gasteiger charge is 2.14. The van der Waals surface area contributed by atoms with Gasteiger partial charge in [-0.05, 0) is 55.2 Å². The van der Waals surface area contributed by atoms with Gasteiger partial charge in [-0.25, -0.2) is 10.2 Å². The molecule has 6 nitrogen and oxygen atoms in total. The van der Waals surface area contributed by atoms with Crippen LogP contribution in [0.3, 0.4) is 0 Å². The Morgan fingerprint density at radius 2 is 1.96 bits per heavy atom. The summed E-state index contributed by atoms with van der Waals surface area (Å²) < 4.78 is 5.20. The highest BCUT2D eigenvalue weighted by atomic mass is 16.5. The van der Waals surface area contributed by atoms with E-state index in [0.29, 0.717) is 11.4 Å². The van der Waals surface area contributed by atoms with Gasteiger partial charge in [-0.3, -0.25) is 0 Å². The first-order valence-corrected chi connectivity index (χ1v) is 8.76. The molecule has 1 saturated heterocycles. The Labute approximate surface area is 153 Å². The number of nitrogens with one attached hydrogen (secondary N) is 2. The summed E-state index contributed by atoms with van der Waals surface area (Å²) in [6.07, 6.45) is 4.16. The van der Waals surface area contributed by atoms with Gasteiger partial charge in [0.25, 0.3) is 0 Å². The van der Waals surface area contributed by atoms with Crippen molar-refractivity contribution in [3.63, 3.8) is 0 Å². The van der Waals surface area contributed by atoms with Crippen molar-refractivity contribution in [3.05, 3.63) is 53.6 Å². The third kappa shape index (κ3) is 4.33. The largest absolute Gasteiger partial charge is 0.495 e. The smallest absolute Gasteiger partial charge is 0.339 e. The lowest BCUT2D eigenvalue weighted by Gasteiger charge is -2.20. The van der Waals surface area contributed by atoms with E-state index in [9.17, 15) is 4.79 Å². The van der Waals surface area contributed by atoms with Crippen molar-refractivity contribution in [1.82, 2.24) is 5.43 Å². The van der Waals surface area contributed by atoms with Gasteiger partial charge in [-0.15, -0.1) is 0 Å². The number of carbonyl (C=O) groups is 1. The van der Waals surface area contributed by atoms with Crippen molar-refractivity contribution >= 4 is 23.6 Å². The Balaban J connectivity index is 1.58. The van der Waals surface area contributed by atoms with Gasteiger partial charge in [0.2, 0.25) is 0 Å². The summed E-state index contributed by atoms with van der Waals surface area (Å²) >= 11 is 0. The van der Waals surface area contributed by atoms with Crippen molar-refractivity contribution in [3.8, 4) is 5.75 Å². The van der Waals surface area contributed by atoms with Crippen LogP contribution >= 0.6 is 0 Å². The number of hydrogen-bond acceptors (Lipinski definition) is 4. The highest BCUT2D eigenvalue weighted by Crippen LogP contribution is 2.25. The summed E-state index contributed by atoms with van der Waals surface area (Å²) in [6, 6.07) is 13.0. The van der Waals surface area contributed by atoms with Crippen LogP contribution in [0.25, 0.3) is 0 Å². The summed E-state index contributed by atoms with van der Waals surface area (Å²) in [5.41, 5.74) is 6.51. The number of amides is 2. The van der Waals surface area contributed by atoms with Crippen LogP contribution in [0.15, 0.2) is 47.6 Å². The van der Waals surface area contributed by atoms with E-state index in [-0.39, 0.29) is 0 Å². The fourth-order valence-electron chi connectivity index (χ4n) is 3.14. The van der Waals surface area contributed by atoms with E-state index >= 15 is 0 Å². The van der Waals surface area contributed by atoms with E-state index in [0.717, 1.165) is 18.7 Å². The standard InChI is InChI=1S/C20H24N4O2/c1-15-13-16(9-10-18(15)24-11-5-6-12-24)14-21-23-20(25)22-17-7-3-4-8-19(17)26-2/h3-4,7-10,13-14H,5-6,11-12H2,1-2H3,(H2,22,23,25)/b21-14-. The Hall–Kier alpha value is -3.02. The minimum absolute atomic E-state index is 0.420. The number of hydrogen-bond donors (Lipinski definition) is 2. The summed E-state index contributed by atoms with van der Waals surface area (Å²) in [5.74, 6) is 0.597. The summed E-state index contributed by atoms with van der Waals surface area (Å²) in [4.78, 5) is 14.4. The first-order chi connectivity index (χ1) is 12.7. The molecule has 0 aromatic heterocycles. The molecule has 136 valence electrons. The second-order valence-electron chi connectivity index (χ2n) is 6.26. The van der Waals surface area contributed by atoms with Gasteiger partial charge >= 0.3 is 6.03 Å². The van der Waals surface area contributed by atoms with E-state index in [1.54, 1.807) is 25.5 Å². The molecule has 26 heavy (non-hydrogen) atoms. The molecule has 2 amide bonds. The molecule has 2 N–H and O–H groups in total. The maximum absolute atomic E-state index is 12.0. The monoisotopic (exact) mass is 352 g/mol. The van der Waals surface area contributed by atoms with Crippen molar-refractivity contribution < 1.29 is 9.53 Å². The lowest BCUT2D eigenvalue weighted by atomic mass is 10.1. The number of carbonyl (C=O) groups excluding carboxylic acids is 1. The third-order valence-corrected chi connectivity index (χ3v) is 4.40. The lowest BCUT2D eigenvalue weighted by molar-refractivity contribution is 0.252. The van der Waals surface area contributed by atoms with Crippen LogP contribution in [0, 0.1) is 6.92 Å². The molecule has 1 aliphatic rings. The Kier molecular flexibility index (Phi) is 5.73. The molecular formula is C20H24N4O2. The van der Waals surface area contributed by atoms with E-state index in [1.165, 1.54) is 24.1 Å². The number of methoxy groups -OCH3 is 1. The molecule has 1 aliphatic heterocycles. The molecule has 0 unspecified atom stereocenters. The molecule has 0 bridgehead atoms. The minimum atomic E-state index is -0.420. The van der Waals surface area contributed by atoms with Gasteiger partial charge in [-0.1, -0.05) is 18.2 Å². The van der Waals surface area contributed by atoms with E-state index in [1.807, 2.05) is 18.2 Å². The number of urea groups is 1. The number of nitrogens with zero attached hydrogens (tertiary/aromatic N) is 2. The molecule has 0 aliphatic carbocycles. The van der Waals surface area contributed by atoms with Crippen LogP contribution < -0.4 is 20.4 Å². The second kappa shape index (κ2) is 8.38. The maximum atomic E-state index is 12.0. The molecule has 1 heterocycles. The Morgan fingerprint density at radius 3 is 2.69 bits per heavy atom. The summed E-state index contributed by atoms with van der Waals surface area (Å²) in [5, 5.41) is 6.73. The zero-order valence-corrected chi connectivity index (χ0v) is 15.2. The number of anilines is 2. The van der Waals surface area contributed by atoms with E-state index < -0.39 is 6.03 Å². The molecular weight excluding hydrogens is 328 g/mol. The summed E-state index contributed by atoms with van der Waals surface area (Å²) in [7, 11) is 1.56. The zero-order valence-electron chi connectivity index (χ0n) is 15.2. The van der Waals surface area contributed by atoms with Gasteiger partial charge in [-0.2, -0.15) is 5.10 Å². The van der Waals surface area contributed by atoms with E-state index in [2.05, 4.69) is 39.8 Å². The van der Waals surface area contributed by atoms with Gasteiger partial charge in [0, 0.05) is 18.8 Å². The molecule has 2 aromatic rings. The zero-order chi connectivity index (χ0) is 18.4. The van der Waals surface area contributed by atoms with Crippen LogP contribution in [-0.2, 0) is 0 Å². The SMILES string of the molecule is COc1ccccc1NC(=O)N/N=C\c1ccc(N2CCCC2)c(C)c1. The van der Waals surface area contributed by atoms with Gasteiger partial charge in [0.15, 0.2) is 0 Å². The van der Waals surface area contributed by atoms with Crippen molar-refractivity contribution in [2.24, 2.45) is 5.10 Å². The number of benzene rings is 2. The normalized spacial score (nSPS) is 13.8. The molecule has 0 saturated carbocycles. The highest BCUT2D eigenvalue weighted by molar-refractivity contribution is 5.91. The Bertz CT molecular complexity index is 798. The lowest BCUT2D eigenvalue weighted by Crippen LogP contribution is -2.24. The van der Waals surface area contributed by atoms with Crippen molar-refractivity contribution in [1.29, 1.82) is 0 Å². The molecule has 0 radical (unpaired) electrons. The maximum Gasteiger partial charge on any atom is 0.339 e. The molecule has 6 heteroatoms. The third-order valence-electron chi connectivity index (χ3n) is 4.40. The number of hydrazone groups is 1. The van der Waals surface area contributed by atoms with Crippen LogP contribution in [0.2, 0.25) is 0 Å². The van der Waals surface area contributed by atoms with Crippen LogP contribution in [0.4, 0.5) is 16.2 Å². The number of para-hydroxylation sites is 2. The van der Waals surface area contributed by atoms with Crippen molar-refractivity contribution in [2.75, 3.05) is 30.4 Å². The summed E-state index contributed by atoms with van der Waals surface area (Å²) in [6.45, 7) is 4.35. The minimum Gasteiger partial charge on any atom is -0.495 e.